The molecule has 0 spiro atoms. The lowest BCUT2D eigenvalue weighted by Crippen LogP contribution is -2.10. The molecule has 0 saturated carbocycles. The van der Waals surface area contributed by atoms with Gasteiger partial charge in [0.1, 0.15) is 16.5 Å². The van der Waals surface area contributed by atoms with Crippen LogP contribution in [0.15, 0.2) is 42.7 Å². The highest BCUT2D eigenvalue weighted by atomic mass is 35.5. The number of hydrogen-bond acceptors (Lipinski definition) is 3. The van der Waals surface area contributed by atoms with Gasteiger partial charge in [0.05, 0.1) is 16.8 Å². The molecule has 0 fully saturated rings. The maximum Gasteiger partial charge on any atom is 0.147 e. The molecule has 1 aromatic heterocycles. The monoisotopic (exact) mass is 264 g/mol. The fraction of sp³-hybridized carbons (Fsp3) is 0. The summed E-state index contributed by atoms with van der Waals surface area (Å²) < 4.78 is 5.64. The minimum Gasteiger partial charge on any atom is -0.455 e. The van der Waals surface area contributed by atoms with Gasteiger partial charge in [0.15, 0.2) is 0 Å². The molecule has 0 aliphatic carbocycles. The highest BCUT2D eigenvalue weighted by molar-refractivity contribution is 7.80. The average Bonchev–Trinajstić information content (AvgIpc) is 2.29. The molecule has 2 aromatic rings. The zero-order valence-corrected chi connectivity index (χ0v) is 10.3. The number of benzene rings is 1. The van der Waals surface area contributed by atoms with E-state index in [1.165, 1.54) is 6.20 Å². The van der Waals surface area contributed by atoms with Crippen LogP contribution in [0.1, 0.15) is 5.56 Å². The van der Waals surface area contributed by atoms with E-state index in [1.54, 1.807) is 24.4 Å². The van der Waals surface area contributed by atoms with Crippen LogP contribution in [0.3, 0.4) is 0 Å². The highest BCUT2D eigenvalue weighted by Gasteiger charge is 2.06. The van der Waals surface area contributed by atoms with E-state index >= 15 is 0 Å². The third-order valence-electron chi connectivity index (χ3n) is 2.06. The Morgan fingerprint density at radius 3 is 2.76 bits per heavy atom. The summed E-state index contributed by atoms with van der Waals surface area (Å²) in [5, 5.41) is 0.510. The molecule has 2 rings (SSSR count). The molecule has 2 N–H and O–H groups in total. The molecule has 0 radical (unpaired) electrons. The van der Waals surface area contributed by atoms with Crippen molar-refractivity contribution in [2.75, 3.05) is 0 Å². The number of hydrogen-bond donors (Lipinski definition) is 1. The van der Waals surface area contributed by atoms with Gasteiger partial charge in [-0.2, -0.15) is 0 Å². The van der Waals surface area contributed by atoms with Crippen LogP contribution in [-0.2, 0) is 0 Å². The van der Waals surface area contributed by atoms with Crippen molar-refractivity contribution < 1.29 is 4.74 Å². The topological polar surface area (TPSA) is 48.1 Å². The summed E-state index contributed by atoms with van der Waals surface area (Å²) >= 11 is 10.8. The number of nitrogens with two attached hydrogens (primary N) is 1. The van der Waals surface area contributed by atoms with Crippen molar-refractivity contribution in [3.63, 3.8) is 0 Å². The van der Waals surface area contributed by atoms with Crippen LogP contribution in [0.2, 0.25) is 5.02 Å². The van der Waals surface area contributed by atoms with Crippen LogP contribution < -0.4 is 10.5 Å². The normalized spacial score (nSPS) is 9.94. The lowest BCUT2D eigenvalue weighted by Gasteiger charge is -2.09. The summed E-state index contributed by atoms with van der Waals surface area (Å²) in [6.45, 7) is 0. The Morgan fingerprint density at radius 2 is 2.06 bits per heavy atom. The zero-order valence-electron chi connectivity index (χ0n) is 8.76. The molecule has 1 aromatic carbocycles. The van der Waals surface area contributed by atoms with Gasteiger partial charge in [0, 0.05) is 12.3 Å². The fourth-order valence-corrected chi connectivity index (χ4v) is 1.67. The first-order valence-corrected chi connectivity index (χ1v) is 5.62. The molecule has 86 valence electrons. The number of aromatic nitrogens is 1. The van der Waals surface area contributed by atoms with Gasteiger partial charge in [-0.15, -0.1) is 0 Å². The van der Waals surface area contributed by atoms with Crippen molar-refractivity contribution in [1.29, 1.82) is 0 Å². The second-order valence-electron chi connectivity index (χ2n) is 3.30. The summed E-state index contributed by atoms with van der Waals surface area (Å²) in [4.78, 5) is 4.22. The molecule has 0 aliphatic heterocycles. The van der Waals surface area contributed by atoms with E-state index in [2.05, 4.69) is 4.98 Å². The average molecular weight is 265 g/mol. The maximum absolute atomic E-state index is 5.82. The number of para-hydroxylation sites is 1. The first-order valence-electron chi connectivity index (χ1n) is 4.84. The second-order valence-corrected chi connectivity index (χ2v) is 4.18. The molecule has 0 unspecified atom stereocenters. The first kappa shape index (κ1) is 11.8. The van der Waals surface area contributed by atoms with Crippen LogP contribution in [0.25, 0.3) is 0 Å². The van der Waals surface area contributed by atoms with Gasteiger partial charge in [-0.1, -0.05) is 36.0 Å². The van der Waals surface area contributed by atoms with Crippen molar-refractivity contribution in [3.05, 3.63) is 53.3 Å². The van der Waals surface area contributed by atoms with Gasteiger partial charge in [-0.3, -0.25) is 4.98 Å². The molecular formula is C12H9ClN2OS. The predicted molar refractivity (Wildman–Crippen MR) is 71.7 cm³/mol. The van der Waals surface area contributed by atoms with E-state index in [1.807, 2.05) is 12.1 Å². The van der Waals surface area contributed by atoms with Crippen LogP contribution in [0.5, 0.6) is 11.5 Å². The third-order valence-corrected chi connectivity index (χ3v) is 2.49. The molecule has 0 bridgehead atoms. The first-order chi connectivity index (χ1) is 8.16. The number of nitrogens with zero attached hydrogens (tertiary/aromatic N) is 1. The number of halogens is 1. The van der Waals surface area contributed by atoms with E-state index in [-0.39, 0.29) is 4.99 Å². The predicted octanol–water partition coefficient (Wildman–Crippen LogP) is 3.16. The van der Waals surface area contributed by atoms with E-state index < -0.39 is 0 Å². The van der Waals surface area contributed by atoms with Gasteiger partial charge < -0.3 is 10.5 Å². The lowest BCUT2D eigenvalue weighted by molar-refractivity contribution is 0.479. The standard InChI is InChI=1S/C12H9ClN2OS/c13-8-5-9(7-15-6-8)16-11-4-2-1-3-10(11)12(14)17/h1-7H,(H2,14,17). The van der Waals surface area contributed by atoms with Crippen molar-refractivity contribution in [1.82, 2.24) is 4.98 Å². The highest BCUT2D eigenvalue weighted by Crippen LogP contribution is 2.26. The van der Waals surface area contributed by atoms with Crippen molar-refractivity contribution in [2.24, 2.45) is 5.73 Å². The van der Waals surface area contributed by atoms with Crippen molar-refractivity contribution >= 4 is 28.8 Å². The smallest absolute Gasteiger partial charge is 0.147 e. The van der Waals surface area contributed by atoms with Crippen LogP contribution in [-0.4, -0.2) is 9.97 Å². The summed E-state index contributed by atoms with van der Waals surface area (Å²) in [6.07, 6.45) is 3.11. The molecule has 0 atom stereocenters. The van der Waals surface area contributed by atoms with Gasteiger partial charge in [0.25, 0.3) is 0 Å². The van der Waals surface area contributed by atoms with Gasteiger partial charge in [-0.05, 0) is 12.1 Å². The Hall–Kier alpha value is -1.65. The number of pyridine rings is 1. The summed E-state index contributed by atoms with van der Waals surface area (Å²) in [5.74, 6) is 1.13. The molecule has 0 aliphatic rings. The molecule has 17 heavy (non-hydrogen) atoms. The molecule has 1 heterocycles. The minimum absolute atomic E-state index is 0.288. The van der Waals surface area contributed by atoms with E-state index in [4.69, 9.17) is 34.3 Å². The van der Waals surface area contributed by atoms with Crippen LogP contribution in [0.4, 0.5) is 0 Å². The number of ether oxygens (including phenoxy) is 1. The summed E-state index contributed by atoms with van der Waals surface area (Å²) in [5.41, 5.74) is 6.29. The lowest BCUT2D eigenvalue weighted by atomic mass is 10.2. The van der Waals surface area contributed by atoms with Crippen LogP contribution in [0, 0.1) is 0 Å². The summed E-state index contributed by atoms with van der Waals surface area (Å²) in [6, 6.07) is 8.95. The Bertz CT molecular complexity index is 560. The maximum atomic E-state index is 5.82. The van der Waals surface area contributed by atoms with Gasteiger partial charge >= 0.3 is 0 Å². The van der Waals surface area contributed by atoms with Crippen molar-refractivity contribution in [2.45, 2.75) is 0 Å². The largest absolute Gasteiger partial charge is 0.455 e. The van der Waals surface area contributed by atoms with Gasteiger partial charge in [-0.25, -0.2) is 0 Å². The zero-order chi connectivity index (χ0) is 12.3. The van der Waals surface area contributed by atoms with Gasteiger partial charge in [0.2, 0.25) is 0 Å². The Balaban J connectivity index is 2.33. The Labute approximate surface area is 109 Å². The molecule has 0 saturated heterocycles. The molecule has 0 amide bonds. The molecular weight excluding hydrogens is 256 g/mol. The Morgan fingerprint density at radius 1 is 1.29 bits per heavy atom. The van der Waals surface area contributed by atoms with E-state index in [0.29, 0.717) is 22.1 Å². The third kappa shape index (κ3) is 2.93. The van der Waals surface area contributed by atoms with E-state index in [9.17, 15) is 0 Å². The second kappa shape index (κ2) is 5.12. The number of thiocarbonyl (C=S) groups is 1. The quantitative estimate of drug-likeness (QED) is 0.865. The summed E-state index contributed by atoms with van der Waals surface area (Å²) in [7, 11) is 0. The van der Waals surface area contributed by atoms with E-state index in [0.717, 1.165) is 0 Å². The van der Waals surface area contributed by atoms with Crippen LogP contribution >= 0.6 is 23.8 Å². The molecule has 3 nitrogen and oxygen atoms in total. The fourth-order valence-electron chi connectivity index (χ4n) is 1.33. The SMILES string of the molecule is NC(=S)c1ccccc1Oc1cncc(Cl)c1. The number of rotatable bonds is 3. The molecule has 5 heteroatoms. The van der Waals surface area contributed by atoms with Crippen molar-refractivity contribution in [3.8, 4) is 11.5 Å². The minimum atomic E-state index is 0.288. The Kier molecular flexibility index (Phi) is 3.56.